The number of carbonyl (C=O) groups excluding carboxylic acids is 1. The van der Waals surface area contributed by atoms with Crippen LogP contribution in [0.25, 0.3) is 5.69 Å². The highest BCUT2D eigenvalue weighted by Gasteiger charge is 2.08. The van der Waals surface area contributed by atoms with Crippen LogP contribution in [-0.2, 0) is 4.79 Å². The molecule has 0 spiro atoms. The standard InChI is InChI=1S/C16H20BrN3OS/c1-2-3-4-9-18-15(21)12-22-16-19-10-11-20(16)14-7-5-13(17)6-8-14/h5-8,10-11H,2-4,9,12H2,1H3,(H,18,21). The number of benzene rings is 1. The molecule has 1 heterocycles. The van der Waals surface area contributed by atoms with Crippen LogP contribution in [0.15, 0.2) is 46.3 Å². The topological polar surface area (TPSA) is 46.9 Å². The molecule has 0 aliphatic rings. The van der Waals surface area contributed by atoms with Crippen LogP contribution >= 0.6 is 27.7 Å². The Morgan fingerprint density at radius 2 is 2.09 bits per heavy atom. The Kier molecular flexibility index (Phi) is 6.99. The van der Waals surface area contributed by atoms with E-state index in [0.717, 1.165) is 41.1 Å². The second-order valence-corrected chi connectivity index (χ2v) is 6.76. The van der Waals surface area contributed by atoms with Gasteiger partial charge in [-0.1, -0.05) is 47.5 Å². The van der Waals surface area contributed by atoms with Crippen LogP contribution in [0.1, 0.15) is 26.2 Å². The van der Waals surface area contributed by atoms with Crippen molar-refractivity contribution in [2.75, 3.05) is 12.3 Å². The molecule has 1 N–H and O–H groups in total. The zero-order chi connectivity index (χ0) is 15.8. The summed E-state index contributed by atoms with van der Waals surface area (Å²) in [5.41, 5.74) is 1.03. The second-order valence-electron chi connectivity index (χ2n) is 4.90. The largest absolute Gasteiger partial charge is 0.355 e. The first-order chi connectivity index (χ1) is 10.7. The monoisotopic (exact) mass is 381 g/mol. The highest BCUT2D eigenvalue weighted by atomic mass is 79.9. The molecule has 22 heavy (non-hydrogen) atoms. The van der Waals surface area contributed by atoms with E-state index in [1.807, 2.05) is 35.0 Å². The molecule has 0 fully saturated rings. The molecule has 0 atom stereocenters. The van der Waals surface area contributed by atoms with Crippen molar-refractivity contribution in [1.29, 1.82) is 0 Å². The molecule has 1 aromatic carbocycles. The number of rotatable bonds is 8. The minimum Gasteiger partial charge on any atom is -0.355 e. The molecule has 2 rings (SSSR count). The molecular formula is C16H20BrN3OS. The van der Waals surface area contributed by atoms with E-state index in [0.29, 0.717) is 5.75 Å². The molecule has 0 aliphatic carbocycles. The van der Waals surface area contributed by atoms with E-state index in [-0.39, 0.29) is 5.91 Å². The Bertz CT molecular complexity index is 598. The zero-order valence-corrected chi connectivity index (χ0v) is 15.0. The Labute approximate surface area is 143 Å². The molecule has 0 saturated carbocycles. The van der Waals surface area contributed by atoms with Gasteiger partial charge in [0.1, 0.15) is 0 Å². The molecule has 0 unspecified atom stereocenters. The predicted octanol–water partition coefficient (Wildman–Crippen LogP) is 4.03. The van der Waals surface area contributed by atoms with Gasteiger partial charge in [-0.05, 0) is 30.7 Å². The summed E-state index contributed by atoms with van der Waals surface area (Å²) >= 11 is 4.88. The third-order valence-corrected chi connectivity index (χ3v) is 4.64. The van der Waals surface area contributed by atoms with Gasteiger partial charge in [0, 0.05) is 29.1 Å². The van der Waals surface area contributed by atoms with Crippen molar-refractivity contribution in [3.63, 3.8) is 0 Å². The average molecular weight is 382 g/mol. The van der Waals surface area contributed by atoms with E-state index in [2.05, 4.69) is 33.2 Å². The Morgan fingerprint density at radius 3 is 2.82 bits per heavy atom. The Morgan fingerprint density at radius 1 is 1.32 bits per heavy atom. The third-order valence-electron chi connectivity index (χ3n) is 3.15. The molecule has 0 bridgehead atoms. The van der Waals surface area contributed by atoms with E-state index < -0.39 is 0 Å². The summed E-state index contributed by atoms with van der Waals surface area (Å²) in [6, 6.07) is 8.01. The van der Waals surface area contributed by atoms with Gasteiger partial charge in [-0.2, -0.15) is 0 Å². The van der Waals surface area contributed by atoms with E-state index >= 15 is 0 Å². The summed E-state index contributed by atoms with van der Waals surface area (Å²) in [5.74, 6) is 0.450. The number of hydrogen-bond donors (Lipinski definition) is 1. The number of amides is 1. The predicted molar refractivity (Wildman–Crippen MR) is 94.5 cm³/mol. The minimum absolute atomic E-state index is 0.0615. The van der Waals surface area contributed by atoms with Crippen LogP contribution < -0.4 is 5.32 Å². The van der Waals surface area contributed by atoms with Crippen molar-refractivity contribution in [1.82, 2.24) is 14.9 Å². The van der Waals surface area contributed by atoms with Crippen LogP contribution in [0.5, 0.6) is 0 Å². The fourth-order valence-corrected chi connectivity index (χ4v) is 3.05. The molecule has 4 nitrogen and oxygen atoms in total. The number of nitrogens with one attached hydrogen (secondary N) is 1. The molecule has 0 aliphatic heterocycles. The number of nitrogens with zero attached hydrogens (tertiary/aromatic N) is 2. The van der Waals surface area contributed by atoms with Crippen molar-refractivity contribution in [3.8, 4) is 5.69 Å². The van der Waals surface area contributed by atoms with Crippen LogP contribution in [0.4, 0.5) is 0 Å². The first-order valence-corrected chi connectivity index (χ1v) is 9.17. The quantitative estimate of drug-likeness (QED) is 0.554. The van der Waals surface area contributed by atoms with Crippen molar-refractivity contribution >= 4 is 33.6 Å². The smallest absolute Gasteiger partial charge is 0.230 e. The first-order valence-electron chi connectivity index (χ1n) is 7.39. The van der Waals surface area contributed by atoms with Crippen molar-refractivity contribution in [3.05, 3.63) is 41.1 Å². The maximum absolute atomic E-state index is 11.8. The first kappa shape index (κ1) is 17.1. The summed E-state index contributed by atoms with van der Waals surface area (Å²) in [4.78, 5) is 16.1. The molecule has 2 aromatic rings. The fraction of sp³-hybridized carbons (Fsp3) is 0.375. The lowest BCUT2D eigenvalue weighted by Gasteiger charge is -2.08. The van der Waals surface area contributed by atoms with Gasteiger partial charge in [0.25, 0.3) is 0 Å². The molecule has 1 aromatic heterocycles. The van der Waals surface area contributed by atoms with Crippen molar-refractivity contribution in [2.24, 2.45) is 0 Å². The Hall–Kier alpha value is -1.27. The lowest BCUT2D eigenvalue weighted by molar-refractivity contribution is -0.118. The van der Waals surface area contributed by atoms with Gasteiger partial charge in [-0.25, -0.2) is 4.98 Å². The molecule has 0 saturated heterocycles. The van der Waals surface area contributed by atoms with Gasteiger partial charge in [0.05, 0.1) is 5.75 Å². The van der Waals surface area contributed by atoms with Crippen LogP contribution in [-0.4, -0.2) is 27.8 Å². The molecule has 1 amide bonds. The van der Waals surface area contributed by atoms with Gasteiger partial charge in [0.2, 0.25) is 5.91 Å². The van der Waals surface area contributed by atoms with E-state index in [1.54, 1.807) is 6.20 Å². The number of hydrogen-bond acceptors (Lipinski definition) is 3. The highest BCUT2D eigenvalue weighted by Crippen LogP contribution is 2.21. The van der Waals surface area contributed by atoms with Crippen LogP contribution in [0, 0.1) is 0 Å². The van der Waals surface area contributed by atoms with E-state index in [4.69, 9.17) is 0 Å². The fourth-order valence-electron chi connectivity index (χ4n) is 1.98. The summed E-state index contributed by atoms with van der Waals surface area (Å²) in [6.07, 6.45) is 7.02. The number of halogens is 1. The second kappa shape index (κ2) is 9.00. The van der Waals surface area contributed by atoms with E-state index in [1.165, 1.54) is 11.8 Å². The maximum Gasteiger partial charge on any atom is 0.230 e. The number of imidazole rings is 1. The van der Waals surface area contributed by atoms with Gasteiger partial charge in [-0.15, -0.1) is 0 Å². The van der Waals surface area contributed by atoms with Crippen molar-refractivity contribution in [2.45, 2.75) is 31.3 Å². The number of thioether (sulfide) groups is 1. The molecule has 118 valence electrons. The van der Waals surface area contributed by atoms with E-state index in [9.17, 15) is 4.79 Å². The molecule has 0 radical (unpaired) electrons. The normalized spacial score (nSPS) is 10.6. The number of aromatic nitrogens is 2. The third kappa shape index (κ3) is 5.18. The average Bonchev–Trinajstić information content (AvgIpc) is 2.99. The number of carbonyl (C=O) groups is 1. The van der Waals surface area contributed by atoms with Crippen molar-refractivity contribution < 1.29 is 4.79 Å². The minimum atomic E-state index is 0.0615. The van der Waals surface area contributed by atoms with Crippen LogP contribution in [0.3, 0.4) is 0 Å². The summed E-state index contributed by atoms with van der Waals surface area (Å²) in [7, 11) is 0. The van der Waals surface area contributed by atoms with Gasteiger partial charge >= 0.3 is 0 Å². The SMILES string of the molecule is CCCCCNC(=O)CSc1nccn1-c1ccc(Br)cc1. The molecule has 6 heteroatoms. The highest BCUT2D eigenvalue weighted by molar-refractivity contribution is 9.10. The molecular weight excluding hydrogens is 362 g/mol. The van der Waals surface area contributed by atoms with Gasteiger partial charge in [-0.3, -0.25) is 9.36 Å². The van der Waals surface area contributed by atoms with Crippen LogP contribution in [0.2, 0.25) is 0 Å². The lowest BCUT2D eigenvalue weighted by Crippen LogP contribution is -2.26. The van der Waals surface area contributed by atoms with Gasteiger partial charge in [0.15, 0.2) is 5.16 Å². The van der Waals surface area contributed by atoms with Gasteiger partial charge < -0.3 is 5.32 Å². The number of unbranched alkanes of at least 4 members (excludes halogenated alkanes) is 2. The zero-order valence-electron chi connectivity index (χ0n) is 12.6. The summed E-state index contributed by atoms with van der Waals surface area (Å²) in [5, 5.41) is 3.77. The Balaban J connectivity index is 1.88. The maximum atomic E-state index is 11.8. The summed E-state index contributed by atoms with van der Waals surface area (Å²) < 4.78 is 3.03. The summed E-state index contributed by atoms with van der Waals surface area (Å²) in [6.45, 7) is 2.91. The lowest BCUT2D eigenvalue weighted by atomic mass is 10.2.